The summed E-state index contributed by atoms with van der Waals surface area (Å²) in [5, 5.41) is 10.1. The van der Waals surface area contributed by atoms with Crippen molar-refractivity contribution in [3.8, 4) is 17.4 Å². The van der Waals surface area contributed by atoms with Gasteiger partial charge in [0.05, 0.1) is 12.7 Å². The van der Waals surface area contributed by atoms with Crippen LogP contribution in [0, 0.1) is 6.92 Å². The van der Waals surface area contributed by atoms with Gasteiger partial charge in [-0.3, -0.25) is 5.10 Å². The van der Waals surface area contributed by atoms with Gasteiger partial charge in [0.1, 0.15) is 12.1 Å². The van der Waals surface area contributed by atoms with E-state index in [0.717, 1.165) is 5.56 Å². The fourth-order valence-corrected chi connectivity index (χ4v) is 2.04. The first-order chi connectivity index (χ1) is 11.6. The first kappa shape index (κ1) is 15.7. The summed E-state index contributed by atoms with van der Waals surface area (Å²) in [6, 6.07) is 5.08. The Morgan fingerprint density at radius 3 is 2.92 bits per heavy atom. The van der Waals surface area contributed by atoms with Gasteiger partial charge in [-0.25, -0.2) is 9.78 Å². The van der Waals surface area contributed by atoms with Crippen LogP contribution in [0.5, 0.6) is 5.75 Å². The van der Waals surface area contributed by atoms with E-state index in [0.29, 0.717) is 17.1 Å². The molecule has 1 unspecified atom stereocenters. The number of aryl methyl sites for hydroxylation is 1. The third kappa shape index (κ3) is 3.09. The number of methoxy groups -OCH3 is 1. The van der Waals surface area contributed by atoms with Gasteiger partial charge < -0.3 is 14.0 Å². The highest BCUT2D eigenvalue weighted by atomic mass is 16.6. The summed E-state index contributed by atoms with van der Waals surface area (Å²) in [4.78, 5) is 20.3. The van der Waals surface area contributed by atoms with E-state index in [4.69, 9.17) is 14.0 Å². The van der Waals surface area contributed by atoms with Crippen LogP contribution in [-0.4, -0.2) is 38.4 Å². The predicted octanol–water partition coefficient (Wildman–Crippen LogP) is 2.09. The van der Waals surface area contributed by atoms with Gasteiger partial charge in [0, 0.05) is 0 Å². The standard InChI is InChI=1S/C15H15N5O4/c1-8-4-5-10(6-11(8)22-3)15(21)23-9(2)14-18-13(20-24-14)12-16-7-17-19-12/h4-7,9H,1-3H3,(H,16,17,19). The highest BCUT2D eigenvalue weighted by molar-refractivity contribution is 5.90. The average molecular weight is 329 g/mol. The lowest BCUT2D eigenvalue weighted by Crippen LogP contribution is -2.10. The summed E-state index contributed by atoms with van der Waals surface area (Å²) in [5.74, 6) is 0.866. The molecule has 0 aliphatic heterocycles. The fourth-order valence-electron chi connectivity index (χ4n) is 2.04. The maximum atomic E-state index is 12.2. The van der Waals surface area contributed by atoms with Crippen LogP contribution in [0.4, 0.5) is 0 Å². The van der Waals surface area contributed by atoms with Crippen LogP contribution in [-0.2, 0) is 4.74 Å². The second-order valence-corrected chi connectivity index (χ2v) is 5.02. The molecule has 2 heterocycles. The summed E-state index contributed by atoms with van der Waals surface area (Å²) < 4.78 is 15.7. The second kappa shape index (κ2) is 6.49. The zero-order valence-corrected chi connectivity index (χ0v) is 13.3. The van der Waals surface area contributed by atoms with E-state index < -0.39 is 12.1 Å². The number of benzene rings is 1. The fraction of sp³-hybridized carbons (Fsp3) is 0.267. The van der Waals surface area contributed by atoms with Crippen molar-refractivity contribution in [1.29, 1.82) is 0 Å². The number of nitrogens with one attached hydrogen (secondary N) is 1. The number of carbonyl (C=O) groups is 1. The zero-order valence-electron chi connectivity index (χ0n) is 13.3. The van der Waals surface area contributed by atoms with E-state index in [1.807, 2.05) is 6.92 Å². The molecule has 0 saturated heterocycles. The van der Waals surface area contributed by atoms with Crippen molar-refractivity contribution in [2.75, 3.05) is 7.11 Å². The first-order valence-electron chi connectivity index (χ1n) is 7.13. The maximum Gasteiger partial charge on any atom is 0.339 e. The minimum absolute atomic E-state index is 0.161. The first-order valence-corrected chi connectivity index (χ1v) is 7.13. The molecule has 0 amide bonds. The molecule has 0 saturated carbocycles. The minimum Gasteiger partial charge on any atom is -0.496 e. The van der Waals surface area contributed by atoms with Crippen molar-refractivity contribution >= 4 is 5.97 Å². The number of H-pyrrole nitrogens is 1. The van der Waals surface area contributed by atoms with E-state index in [-0.39, 0.29) is 11.7 Å². The lowest BCUT2D eigenvalue weighted by Gasteiger charge is -2.10. The SMILES string of the molecule is COc1cc(C(=O)OC(C)c2nc(-c3ncn[nH]3)no2)ccc1C. The van der Waals surface area contributed by atoms with E-state index in [9.17, 15) is 4.79 Å². The molecule has 9 nitrogen and oxygen atoms in total. The Morgan fingerprint density at radius 2 is 2.21 bits per heavy atom. The third-order valence-corrected chi connectivity index (χ3v) is 3.34. The molecule has 9 heteroatoms. The maximum absolute atomic E-state index is 12.2. The van der Waals surface area contributed by atoms with Crippen LogP contribution in [0.25, 0.3) is 11.6 Å². The molecule has 3 rings (SSSR count). The molecule has 24 heavy (non-hydrogen) atoms. The van der Waals surface area contributed by atoms with Crippen LogP contribution in [0.15, 0.2) is 29.0 Å². The Labute approximate surface area is 137 Å². The number of nitrogens with zero attached hydrogens (tertiary/aromatic N) is 4. The summed E-state index contributed by atoms with van der Waals surface area (Å²) in [7, 11) is 1.55. The van der Waals surface area contributed by atoms with Gasteiger partial charge in [-0.1, -0.05) is 11.2 Å². The van der Waals surface area contributed by atoms with E-state index in [2.05, 4.69) is 25.3 Å². The highest BCUT2D eigenvalue weighted by Crippen LogP contribution is 2.23. The van der Waals surface area contributed by atoms with E-state index in [1.165, 1.54) is 6.33 Å². The van der Waals surface area contributed by atoms with Gasteiger partial charge in [0.25, 0.3) is 5.89 Å². The zero-order chi connectivity index (χ0) is 17.1. The van der Waals surface area contributed by atoms with Gasteiger partial charge in [-0.2, -0.15) is 10.1 Å². The monoisotopic (exact) mass is 329 g/mol. The summed E-state index contributed by atoms with van der Waals surface area (Å²) in [5.41, 5.74) is 1.30. The molecule has 1 atom stereocenters. The topological polar surface area (TPSA) is 116 Å². The molecule has 1 aromatic carbocycles. The van der Waals surface area contributed by atoms with Crippen LogP contribution in [0.3, 0.4) is 0 Å². The quantitative estimate of drug-likeness (QED) is 0.707. The van der Waals surface area contributed by atoms with Gasteiger partial charge in [-0.15, -0.1) is 0 Å². The lowest BCUT2D eigenvalue weighted by molar-refractivity contribution is 0.0265. The van der Waals surface area contributed by atoms with Crippen LogP contribution >= 0.6 is 0 Å². The molecule has 0 spiro atoms. The molecule has 2 aromatic heterocycles. The summed E-state index contributed by atoms with van der Waals surface area (Å²) in [6.07, 6.45) is 0.619. The minimum atomic E-state index is -0.714. The van der Waals surface area contributed by atoms with Gasteiger partial charge in [0.2, 0.25) is 5.82 Å². The number of rotatable bonds is 5. The number of carbonyl (C=O) groups excluding carboxylic acids is 1. The van der Waals surface area contributed by atoms with Crippen LogP contribution < -0.4 is 4.74 Å². The Morgan fingerprint density at radius 1 is 1.38 bits per heavy atom. The molecule has 0 bridgehead atoms. The highest BCUT2D eigenvalue weighted by Gasteiger charge is 2.21. The number of hydrogen-bond donors (Lipinski definition) is 1. The van der Waals surface area contributed by atoms with Crippen LogP contribution in [0.1, 0.15) is 34.8 Å². The van der Waals surface area contributed by atoms with E-state index in [1.54, 1.807) is 32.2 Å². The Hall–Kier alpha value is -3.23. The molecular weight excluding hydrogens is 314 g/mol. The normalized spacial score (nSPS) is 12.0. The van der Waals surface area contributed by atoms with Crippen molar-refractivity contribution in [2.24, 2.45) is 0 Å². The molecular formula is C15H15N5O4. The van der Waals surface area contributed by atoms with Crippen molar-refractivity contribution in [2.45, 2.75) is 20.0 Å². The summed E-state index contributed by atoms with van der Waals surface area (Å²) >= 11 is 0. The third-order valence-electron chi connectivity index (χ3n) is 3.34. The Bertz CT molecular complexity index is 843. The van der Waals surface area contributed by atoms with Gasteiger partial charge in [-0.05, 0) is 31.5 Å². The molecule has 0 aliphatic carbocycles. The molecule has 0 fully saturated rings. The van der Waals surface area contributed by atoms with Crippen LogP contribution in [0.2, 0.25) is 0 Å². The number of ether oxygens (including phenoxy) is 2. The molecule has 3 aromatic rings. The number of aromatic nitrogens is 5. The average Bonchev–Trinajstić information content (AvgIpc) is 3.26. The molecule has 124 valence electrons. The number of aromatic amines is 1. The number of esters is 1. The van der Waals surface area contributed by atoms with Gasteiger partial charge in [0.15, 0.2) is 11.9 Å². The molecule has 1 N–H and O–H groups in total. The van der Waals surface area contributed by atoms with Crippen molar-refractivity contribution in [3.63, 3.8) is 0 Å². The Kier molecular flexibility index (Phi) is 4.23. The van der Waals surface area contributed by atoms with Crippen molar-refractivity contribution in [3.05, 3.63) is 41.5 Å². The van der Waals surface area contributed by atoms with Gasteiger partial charge >= 0.3 is 5.97 Å². The lowest BCUT2D eigenvalue weighted by atomic mass is 10.1. The molecule has 0 radical (unpaired) electrons. The molecule has 0 aliphatic rings. The van der Waals surface area contributed by atoms with Crippen molar-refractivity contribution in [1.82, 2.24) is 25.3 Å². The predicted molar refractivity (Wildman–Crippen MR) is 81.2 cm³/mol. The smallest absolute Gasteiger partial charge is 0.339 e. The van der Waals surface area contributed by atoms with Crippen molar-refractivity contribution < 1.29 is 18.8 Å². The number of hydrogen-bond acceptors (Lipinski definition) is 8. The second-order valence-electron chi connectivity index (χ2n) is 5.02. The largest absolute Gasteiger partial charge is 0.496 e. The Balaban J connectivity index is 1.72. The summed E-state index contributed by atoms with van der Waals surface area (Å²) in [6.45, 7) is 3.53. The van der Waals surface area contributed by atoms with E-state index >= 15 is 0 Å².